The van der Waals surface area contributed by atoms with Gasteiger partial charge in [0.2, 0.25) is 0 Å². The average Bonchev–Trinajstić information content (AvgIpc) is 2.57. The van der Waals surface area contributed by atoms with E-state index in [1.165, 1.54) is 0 Å². The molecule has 5 heteroatoms. The molecule has 0 radical (unpaired) electrons. The van der Waals surface area contributed by atoms with E-state index in [0.717, 1.165) is 43.4 Å². The second-order valence-corrected chi connectivity index (χ2v) is 6.24. The first kappa shape index (κ1) is 15.9. The van der Waals surface area contributed by atoms with E-state index in [0.29, 0.717) is 6.04 Å². The van der Waals surface area contributed by atoms with Gasteiger partial charge < -0.3 is 10.0 Å². The lowest BCUT2D eigenvalue weighted by Crippen LogP contribution is -2.53. The Labute approximate surface area is 137 Å². The van der Waals surface area contributed by atoms with Crippen LogP contribution in [0.25, 0.3) is 11.4 Å². The number of rotatable bonds is 4. The predicted octanol–water partition coefficient (Wildman–Crippen LogP) is 2.03. The van der Waals surface area contributed by atoms with Crippen molar-refractivity contribution >= 4 is 5.82 Å². The predicted molar refractivity (Wildman–Crippen MR) is 92.4 cm³/mol. The van der Waals surface area contributed by atoms with Gasteiger partial charge >= 0.3 is 0 Å². The number of benzene rings is 1. The Morgan fingerprint density at radius 2 is 2.00 bits per heavy atom. The number of nitrogens with zero attached hydrogens (tertiary/aromatic N) is 4. The molecule has 1 aromatic heterocycles. The van der Waals surface area contributed by atoms with Crippen LogP contribution in [-0.4, -0.2) is 58.3 Å². The van der Waals surface area contributed by atoms with Crippen LogP contribution >= 0.6 is 0 Å². The SMILES string of the molecule is C[C@@H](O)CN1CCN(c2ccnc(-c3ccccc3)n2)C[C@@H]1C. The molecule has 2 heterocycles. The molecule has 5 nitrogen and oxygen atoms in total. The zero-order chi connectivity index (χ0) is 16.2. The molecule has 1 saturated heterocycles. The Morgan fingerprint density at radius 1 is 1.22 bits per heavy atom. The van der Waals surface area contributed by atoms with Crippen LogP contribution in [0.1, 0.15) is 13.8 Å². The third-order valence-electron chi connectivity index (χ3n) is 4.26. The summed E-state index contributed by atoms with van der Waals surface area (Å²) in [4.78, 5) is 13.8. The van der Waals surface area contributed by atoms with Crippen molar-refractivity contribution in [3.63, 3.8) is 0 Å². The number of anilines is 1. The third kappa shape index (κ3) is 3.86. The van der Waals surface area contributed by atoms with E-state index in [2.05, 4.69) is 21.7 Å². The van der Waals surface area contributed by atoms with E-state index < -0.39 is 0 Å². The highest BCUT2D eigenvalue weighted by atomic mass is 16.3. The van der Waals surface area contributed by atoms with Crippen LogP contribution in [-0.2, 0) is 0 Å². The maximum atomic E-state index is 9.59. The summed E-state index contributed by atoms with van der Waals surface area (Å²) in [6.45, 7) is 7.55. The summed E-state index contributed by atoms with van der Waals surface area (Å²) in [6.07, 6.45) is 1.55. The molecule has 1 aliphatic rings. The fourth-order valence-electron chi connectivity index (χ4n) is 3.07. The van der Waals surface area contributed by atoms with Crippen molar-refractivity contribution in [3.8, 4) is 11.4 Å². The lowest BCUT2D eigenvalue weighted by atomic mass is 10.1. The summed E-state index contributed by atoms with van der Waals surface area (Å²) in [6, 6.07) is 12.4. The number of aromatic nitrogens is 2. The molecule has 3 rings (SSSR count). The van der Waals surface area contributed by atoms with Crippen LogP contribution in [0.2, 0.25) is 0 Å². The molecule has 1 N–H and O–H groups in total. The molecular formula is C18H24N4O. The molecule has 0 spiro atoms. The molecular weight excluding hydrogens is 288 g/mol. The summed E-state index contributed by atoms with van der Waals surface area (Å²) in [7, 11) is 0. The lowest BCUT2D eigenvalue weighted by molar-refractivity contribution is 0.0959. The van der Waals surface area contributed by atoms with E-state index in [1.54, 1.807) is 0 Å². The fraction of sp³-hybridized carbons (Fsp3) is 0.444. The van der Waals surface area contributed by atoms with E-state index >= 15 is 0 Å². The van der Waals surface area contributed by atoms with Gasteiger partial charge in [-0.15, -0.1) is 0 Å². The smallest absolute Gasteiger partial charge is 0.161 e. The molecule has 1 aliphatic heterocycles. The molecule has 1 fully saturated rings. The van der Waals surface area contributed by atoms with Gasteiger partial charge in [-0.3, -0.25) is 4.90 Å². The topological polar surface area (TPSA) is 52.5 Å². The van der Waals surface area contributed by atoms with Crippen molar-refractivity contribution in [2.45, 2.75) is 26.0 Å². The van der Waals surface area contributed by atoms with Crippen LogP contribution in [0, 0.1) is 0 Å². The van der Waals surface area contributed by atoms with Gasteiger partial charge in [0, 0.05) is 44.0 Å². The van der Waals surface area contributed by atoms with E-state index in [1.807, 2.05) is 49.5 Å². The Kier molecular flexibility index (Phi) is 4.88. The zero-order valence-electron chi connectivity index (χ0n) is 13.8. The third-order valence-corrected chi connectivity index (χ3v) is 4.26. The minimum Gasteiger partial charge on any atom is -0.392 e. The molecule has 0 amide bonds. The number of hydrogen-bond acceptors (Lipinski definition) is 5. The van der Waals surface area contributed by atoms with Gasteiger partial charge in [0.1, 0.15) is 5.82 Å². The summed E-state index contributed by atoms with van der Waals surface area (Å²) in [5.41, 5.74) is 1.04. The maximum absolute atomic E-state index is 9.59. The fourth-order valence-corrected chi connectivity index (χ4v) is 3.07. The van der Waals surface area contributed by atoms with Gasteiger partial charge in [0.25, 0.3) is 0 Å². The lowest BCUT2D eigenvalue weighted by Gasteiger charge is -2.40. The second kappa shape index (κ2) is 7.06. The molecule has 0 unspecified atom stereocenters. The highest BCUT2D eigenvalue weighted by Crippen LogP contribution is 2.20. The molecule has 2 atom stereocenters. The Morgan fingerprint density at radius 3 is 2.70 bits per heavy atom. The normalized spacial score (nSPS) is 20.5. The van der Waals surface area contributed by atoms with Crippen LogP contribution < -0.4 is 4.90 Å². The Balaban J connectivity index is 1.73. The van der Waals surface area contributed by atoms with E-state index in [-0.39, 0.29) is 6.10 Å². The first-order valence-corrected chi connectivity index (χ1v) is 8.19. The summed E-state index contributed by atoms with van der Waals surface area (Å²) in [5, 5.41) is 9.59. The summed E-state index contributed by atoms with van der Waals surface area (Å²) >= 11 is 0. The van der Waals surface area contributed by atoms with Gasteiger partial charge in [-0.1, -0.05) is 30.3 Å². The molecule has 122 valence electrons. The van der Waals surface area contributed by atoms with Crippen molar-refractivity contribution in [1.29, 1.82) is 0 Å². The van der Waals surface area contributed by atoms with Crippen molar-refractivity contribution < 1.29 is 5.11 Å². The van der Waals surface area contributed by atoms with Crippen molar-refractivity contribution in [2.75, 3.05) is 31.1 Å². The monoisotopic (exact) mass is 312 g/mol. The van der Waals surface area contributed by atoms with Gasteiger partial charge in [0.15, 0.2) is 5.82 Å². The molecule has 0 bridgehead atoms. The van der Waals surface area contributed by atoms with Gasteiger partial charge in [-0.25, -0.2) is 9.97 Å². The minimum absolute atomic E-state index is 0.285. The standard InChI is InChI=1S/C18H24N4O/c1-14-12-22(11-10-21(14)13-15(2)23)17-8-9-19-18(20-17)16-6-4-3-5-7-16/h3-9,14-15,23H,10-13H2,1-2H3/t14-,15+/m0/s1. The second-order valence-electron chi connectivity index (χ2n) is 6.24. The summed E-state index contributed by atoms with van der Waals surface area (Å²) < 4.78 is 0. The van der Waals surface area contributed by atoms with Crippen molar-refractivity contribution in [3.05, 3.63) is 42.6 Å². The Bertz CT molecular complexity index is 632. The van der Waals surface area contributed by atoms with Gasteiger partial charge in [-0.05, 0) is 19.9 Å². The first-order chi connectivity index (χ1) is 11.1. The molecule has 23 heavy (non-hydrogen) atoms. The molecule has 2 aromatic rings. The highest BCUT2D eigenvalue weighted by molar-refractivity contribution is 5.57. The number of hydrogen-bond donors (Lipinski definition) is 1. The molecule has 0 aliphatic carbocycles. The Hall–Kier alpha value is -1.98. The summed E-state index contributed by atoms with van der Waals surface area (Å²) in [5.74, 6) is 1.74. The van der Waals surface area contributed by atoms with Gasteiger partial charge in [0.05, 0.1) is 6.10 Å². The zero-order valence-corrected chi connectivity index (χ0v) is 13.8. The van der Waals surface area contributed by atoms with Crippen LogP contribution in [0.4, 0.5) is 5.82 Å². The molecule has 0 saturated carbocycles. The van der Waals surface area contributed by atoms with Crippen LogP contribution in [0.5, 0.6) is 0 Å². The van der Waals surface area contributed by atoms with Crippen molar-refractivity contribution in [2.24, 2.45) is 0 Å². The van der Waals surface area contributed by atoms with Crippen LogP contribution in [0.3, 0.4) is 0 Å². The largest absolute Gasteiger partial charge is 0.392 e. The number of aliphatic hydroxyl groups is 1. The van der Waals surface area contributed by atoms with Crippen molar-refractivity contribution in [1.82, 2.24) is 14.9 Å². The molecule has 1 aromatic carbocycles. The minimum atomic E-state index is -0.285. The number of β-amino-alcohol motifs (C(OH)–C–C–N with tert-alkyl or cyclic N) is 1. The first-order valence-electron chi connectivity index (χ1n) is 8.19. The van der Waals surface area contributed by atoms with E-state index in [4.69, 9.17) is 4.98 Å². The highest BCUT2D eigenvalue weighted by Gasteiger charge is 2.25. The number of aliphatic hydroxyl groups excluding tert-OH is 1. The average molecular weight is 312 g/mol. The maximum Gasteiger partial charge on any atom is 0.161 e. The van der Waals surface area contributed by atoms with Gasteiger partial charge in [-0.2, -0.15) is 0 Å². The van der Waals surface area contributed by atoms with E-state index in [9.17, 15) is 5.11 Å². The quantitative estimate of drug-likeness (QED) is 0.936. The van der Waals surface area contributed by atoms with Crippen LogP contribution in [0.15, 0.2) is 42.6 Å². The number of piperazine rings is 1.